The third-order valence-corrected chi connectivity index (χ3v) is 5.71. The fourth-order valence-electron chi connectivity index (χ4n) is 2.69. The van der Waals surface area contributed by atoms with Gasteiger partial charge in [-0.3, -0.25) is 4.90 Å². The average Bonchev–Trinajstić information content (AvgIpc) is 2.54. The molecular weight excluding hydrogens is 286 g/mol. The molecule has 21 heavy (non-hydrogen) atoms. The van der Waals surface area contributed by atoms with Crippen LogP contribution >= 0.6 is 0 Å². The van der Waals surface area contributed by atoms with E-state index in [9.17, 15) is 13.5 Å². The van der Waals surface area contributed by atoms with Crippen LogP contribution in [0, 0.1) is 5.92 Å². The molecule has 2 rings (SSSR count). The van der Waals surface area contributed by atoms with Crippen molar-refractivity contribution < 1.29 is 13.5 Å². The third kappa shape index (κ3) is 4.53. The van der Waals surface area contributed by atoms with E-state index in [0.29, 0.717) is 30.4 Å². The van der Waals surface area contributed by atoms with E-state index in [2.05, 4.69) is 13.8 Å². The quantitative estimate of drug-likeness (QED) is 0.904. The Hall–Kier alpha value is -0.910. The summed E-state index contributed by atoms with van der Waals surface area (Å²) >= 11 is 0. The van der Waals surface area contributed by atoms with Crippen LogP contribution in [0.25, 0.3) is 0 Å². The number of aliphatic hydroxyl groups is 1. The third-order valence-electron chi connectivity index (χ3n) is 3.92. The van der Waals surface area contributed by atoms with Gasteiger partial charge < -0.3 is 5.11 Å². The molecule has 0 unspecified atom stereocenters. The molecule has 1 atom stereocenters. The Morgan fingerprint density at radius 1 is 1.24 bits per heavy atom. The minimum atomic E-state index is -3.20. The minimum Gasteiger partial charge on any atom is -0.392 e. The average molecular weight is 311 g/mol. The van der Waals surface area contributed by atoms with Crippen LogP contribution in [-0.4, -0.2) is 43.4 Å². The van der Waals surface area contributed by atoms with Gasteiger partial charge in [-0.15, -0.1) is 0 Å². The number of nitrogens with zero attached hydrogens (tertiary/aromatic N) is 1. The van der Waals surface area contributed by atoms with Crippen molar-refractivity contribution in [2.75, 3.05) is 18.8 Å². The van der Waals surface area contributed by atoms with Crippen molar-refractivity contribution >= 4 is 9.84 Å². The highest BCUT2D eigenvalue weighted by Crippen LogP contribution is 2.22. The number of rotatable bonds is 5. The lowest BCUT2D eigenvalue weighted by molar-refractivity contribution is 0.100. The van der Waals surface area contributed by atoms with Gasteiger partial charge in [0.1, 0.15) is 0 Å². The highest BCUT2D eigenvalue weighted by molar-refractivity contribution is 7.91. The second kappa shape index (κ2) is 6.90. The van der Waals surface area contributed by atoms with Crippen molar-refractivity contribution in [2.24, 2.45) is 5.92 Å². The predicted molar refractivity (Wildman–Crippen MR) is 83.9 cm³/mol. The van der Waals surface area contributed by atoms with Crippen LogP contribution in [0.2, 0.25) is 0 Å². The zero-order valence-corrected chi connectivity index (χ0v) is 13.6. The van der Waals surface area contributed by atoms with Gasteiger partial charge in [-0.05, 0) is 30.4 Å². The molecule has 0 spiro atoms. The first-order chi connectivity index (χ1) is 9.88. The van der Waals surface area contributed by atoms with E-state index < -0.39 is 9.84 Å². The topological polar surface area (TPSA) is 57.6 Å². The van der Waals surface area contributed by atoms with Crippen molar-refractivity contribution in [1.29, 1.82) is 0 Å². The maximum absolute atomic E-state index is 12.3. The number of benzene rings is 1. The van der Waals surface area contributed by atoms with Gasteiger partial charge >= 0.3 is 0 Å². The number of hydrogen-bond donors (Lipinski definition) is 1. The van der Waals surface area contributed by atoms with E-state index in [4.69, 9.17) is 0 Å². The molecule has 1 aromatic rings. The van der Waals surface area contributed by atoms with Crippen LogP contribution in [0.5, 0.6) is 0 Å². The van der Waals surface area contributed by atoms with E-state index in [1.165, 1.54) is 0 Å². The van der Waals surface area contributed by atoms with Crippen LogP contribution < -0.4 is 0 Å². The van der Waals surface area contributed by atoms with Gasteiger partial charge in [0, 0.05) is 19.6 Å². The van der Waals surface area contributed by atoms with Crippen molar-refractivity contribution in [1.82, 2.24) is 4.90 Å². The zero-order chi connectivity index (χ0) is 15.5. The largest absolute Gasteiger partial charge is 0.392 e. The normalized spacial score (nSPS) is 20.0. The van der Waals surface area contributed by atoms with E-state index in [-0.39, 0.29) is 11.9 Å². The van der Waals surface area contributed by atoms with Gasteiger partial charge in [-0.1, -0.05) is 32.0 Å². The van der Waals surface area contributed by atoms with Gasteiger partial charge in [0.15, 0.2) is 9.84 Å². The molecule has 5 heteroatoms. The van der Waals surface area contributed by atoms with Crippen molar-refractivity contribution in [3.63, 3.8) is 0 Å². The first-order valence-electron chi connectivity index (χ1n) is 7.59. The van der Waals surface area contributed by atoms with Gasteiger partial charge in [-0.25, -0.2) is 8.42 Å². The monoisotopic (exact) mass is 311 g/mol. The number of hydrogen-bond acceptors (Lipinski definition) is 4. The second-order valence-corrected chi connectivity index (χ2v) is 8.36. The molecule has 0 saturated heterocycles. The van der Waals surface area contributed by atoms with Gasteiger partial charge in [0.05, 0.1) is 16.8 Å². The van der Waals surface area contributed by atoms with Crippen molar-refractivity contribution in [2.45, 2.75) is 44.2 Å². The molecule has 0 radical (unpaired) electrons. The fourth-order valence-corrected chi connectivity index (χ4v) is 4.22. The van der Waals surface area contributed by atoms with Crippen molar-refractivity contribution in [3.05, 3.63) is 29.8 Å². The van der Waals surface area contributed by atoms with Gasteiger partial charge in [0.2, 0.25) is 0 Å². The number of β-amino-alcohol motifs (C(OH)–C–C–N with tert-alkyl or cyclic N) is 1. The summed E-state index contributed by atoms with van der Waals surface area (Å²) in [6.07, 6.45) is 1.37. The fraction of sp³-hybridized carbons (Fsp3) is 0.625. The minimum absolute atomic E-state index is 0.126. The predicted octanol–water partition coefficient (Wildman–Crippen LogP) is 2.07. The summed E-state index contributed by atoms with van der Waals surface area (Å²) in [5.74, 6) is 0.700. The summed E-state index contributed by atoms with van der Waals surface area (Å²) in [7, 11) is -3.20. The summed E-state index contributed by atoms with van der Waals surface area (Å²) in [5.41, 5.74) is 0.839. The maximum atomic E-state index is 12.3. The lowest BCUT2D eigenvalue weighted by Crippen LogP contribution is -2.34. The molecular formula is C16H25NO3S. The maximum Gasteiger partial charge on any atom is 0.179 e. The summed E-state index contributed by atoms with van der Waals surface area (Å²) in [4.78, 5) is 2.50. The molecule has 1 aromatic carbocycles. The van der Waals surface area contributed by atoms with Crippen LogP contribution in [0.15, 0.2) is 29.2 Å². The lowest BCUT2D eigenvalue weighted by Gasteiger charge is -2.23. The lowest BCUT2D eigenvalue weighted by atomic mass is 10.0. The SMILES string of the molecule is CC(C)CC[C@H](O)CN1CCS(=O)(=O)c2ccccc2C1. The molecule has 1 aliphatic rings. The molecule has 118 valence electrons. The Morgan fingerprint density at radius 2 is 1.95 bits per heavy atom. The second-order valence-electron chi connectivity index (χ2n) is 6.29. The first kappa shape index (κ1) is 16.5. The van der Waals surface area contributed by atoms with Crippen LogP contribution in [0.1, 0.15) is 32.3 Å². The van der Waals surface area contributed by atoms with Crippen LogP contribution in [-0.2, 0) is 16.4 Å². The molecule has 1 heterocycles. The van der Waals surface area contributed by atoms with Crippen LogP contribution in [0.4, 0.5) is 0 Å². The zero-order valence-electron chi connectivity index (χ0n) is 12.8. The molecule has 1 aliphatic heterocycles. The smallest absolute Gasteiger partial charge is 0.179 e. The molecule has 0 saturated carbocycles. The number of fused-ring (bicyclic) bond motifs is 1. The van der Waals surface area contributed by atoms with E-state index >= 15 is 0 Å². The molecule has 1 N–H and O–H groups in total. The van der Waals surface area contributed by atoms with E-state index in [1.807, 2.05) is 17.0 Å². The molecule has 0 aromatic heterocycles. The van der Waals surface area contributed by atoms with Crippen molar-refractivity contribution in [3.8, 4) is 0 Å². The summed E-state index contributed by atoms with van der Waals surface area (Å²) in [5, 5.41) is 10.1. The Bertz CT molecular complexity index is 569. The molecule has 0 bridgehead atoms. The highest BCUT2D eigenvalue weighted by Gasteiger charge is 2.25. The van der Waals surface area contributed by atoms with Crippen LogP contribution in [0.3, 0.4) is 0 Å². The number of sulfone groups is 1. The van der Waals surface area contributed by atoms with Gasteiger partial charge in [-0.2, -0.15) is 0 Å². The van der Waals surface area contributed by atoms with E-state index in [1.54, 1.807) is 12.1 Å². The molecule has 0 amide bonds. The molecule has 0 aliphatic carbocycles. The Balaban J connectivity index is 2.05. The van der Waals surface area contributed by atoms with Gasteiger partial charge in [0.25, 0.3) is 0 Å². The summed E-state index contributed by atoms with van der Waals surface area (Å²) in [6.45, 7) is 5.89. The highest BCUT2D eigenvalue weighted by atomic mass is 32.2. The Kier molecular flexibility index (Phi) is 5.41. The number of aliphatic hydroxyl groups excluding tert-OH is 1. The standard InChI is InChI=1S/C16H25NO3S/c1-13(2)7-8-15(18)12-17-9-10-21(19,20)16-6-4-3-5-14(16)11-17/h3-6,13,15,18H,7-12H2,1-2H3/t15-/m0/s1. The first-order valence-corrected chi connectivity index (χ1v) is 9.25. The molecule has 0 fully saturated rings. The Labute approximate surface area is 127 Å². The molecule has 4 nitrogen and oxygen atoms in total. The summed E-state index contributed by atoms with van der Waals surface area (Å²) in [6, 6.07) is 7.19. The summed E-state index contributed by atoms with van der Waals surface area (Å²) < 4.78 is 24.5. The Morgan fingerprint density at radius 3 is 2.67 bits per heavy atom. The van der Waals surface area contributed by atoms with E-state index in [0.717, 1.165) is 18.4 Å².